The minimum atomic E-state index is -1.39. The van der Waals surface area contributed by atoms with E-state index in [0.717, 1.165) is 5.56 Å². The van der Waals surface area contributed by atoms with Crippen LogP contribution in [-0.4, -0.2) is 13.1 Å². The SMILES string of the molecule is C[Si](C)(C)C#Cc1cc(Br)nc(Cl)c1N. The molecule has 0 aliphatic heterocycles. The van der Waals surface area contributed by atoms with Gasteiger partial charge in [-0.1, -0.05) is 37.2 Å². The van der Waals surface area contributed by atoms with Crippen molar-refractivity contribution >= 4 is 41.3 Å². The number of anilines is 1. The summed E-state index contributed by atoms with van der Waals surface area (Å²) in [7, 11) is -1.39. The normalized spacial score (nSPS) is 10.7. The first kappa shape index (κ1) is 12.6. The summed E-state index contributed by atoms with van der Waals surface area (Å²) >= 11 is 9.11. The summed E-state index contributed by atoms with van der Waals surface area (Å²) in [5, 5.41) is 0.296. The Hall–Kier alpha value is -0.503. The smallest absolute Gasteiger partial charge is 0.154 e. The van der Waals surface area contributed by atoms with Crippen molar-refractivity contribution in [3.8, 4) is 11.5 Å². The highest BCUT2D eigenvalue weighted by Gasteiger charge is 2.09. The minimum absolute atomic E-state index is 0.296. The molecule has 2 nitrogen and oxygen atoms in total. The van der Waals surface area contributed by atoms with Crippen molar-refractivity contribution in [2.45, 2.75) is 19.6 Å². The molecule has 1 rings (SSSR count). The van der Waals surface area contributed by atoms with Gasteiger partial charge in [0, 0.05) is 0 Å². The van der Waals surface area contributed by atoms with Gasteiger partial charge in [0.05, 0.1) is 11.3 Å². The highest BCUT2D eigenvalue weighted by Crippen LogP contribution is 2.23. The van der Waals surface area contributed by atoms with Crippen molar-refractivity contribution in [2.75, 3.05) is 5.73 Å². The van der Waals surface area contributed by atoms with Gasteiger partial charge in [-0.15, -0.1) is 5.54 Å². The van der Waals surface area contributed by atoms with Gasteiger partial charge < -0.3 is 5.73 Å². The molecule has 0 radical (unpaired) electrons. The van der Waals surface area contributed by atoms with E-state index >= 15 is 0 Å². The van der Waals surface area contributed by atoms with Gasteiger partial charge in [0.2, 0.25) is 0 Å². The lowest BCUT2D eigenvalue weighted by molar-refractivity contribution is 1.27. The lowest BCUT2D eigenvalue weighted by Gasteiger charge is -2.05. The van der Waals surface area contributed by atoms with E-state index in [1.54, 1.807) is 6.07 Å². The van der Waals surface area contributed by atoms with Crippen molar-refractivity contribution in [3.63, 3.8) is 0 Å². The van der Waals surface area contributed by atoms with Gasteiger partial charge in [-0.25, -0.2) is 4.98 Å². The van der Waals surface area contributed by atoms with Crippen molar-refractivity contribution in [2.24, 2.45) is 0 Å². The maximum Gasteiger partial charge on any atom is 0.154 e. The van der Waals surface area contributed by atoms with Crippen LogP contribution in [0.25, 0.3) is 0 Å². The Kier molecular flexibility index (Phi) is 3.82. The number of rotatable bonds is 0. The van der Waals surface area contributed by atoms with Crippen molar-refractivity contribution in [3.05, 3.63) is 21.4 Å². The molecule has 0 aliphatic rings. The molecule has 2 N–H and O–H groups in total. The fourth-order valence-electron chi connectivity index (χ4n) is 0.853. The Bertz CT molecular complexity index is 443. The molecule has 0 unspecified atom stereocenters. The first-order valence-corrected chi connectivity index (χ1v) is 9.11. The Balaban J connectivity index is 3.20. The van der Waals surface area contributed by atoms with Gasteiger partial charge in [0.1, 0.15) is 12.7 Å². The molecule has 1 aromatic heterocycles. The van der Waals surface area contributed by atoms with E-state index in [4.69, 9.17) is 17.3 Å². The van der Waals surface area contributed by atoms with Crippen molar-refractivity contribution in [1.29, 1.82) is 0 Å². The van der Waals surface area contributed by atoms with Crippen LogP contribution in [-0.2, 0) is 0 Å². The average Bonchev–Trinajstić information content (AvgIpc) is 2.07. The first-order chi connectivity index (χ1) is 6.79. The Morgan fingerprint density at radius 1 is 1.47 bits per heavy atom. The molecule has 0 saturated heterocycles. The molecular formula is C10H12BrClN2Si. The number of nitrogen functional groups attached to an aromatic ring is 1. The van der Waals surface area contributed by atoms with Crippen LogP contribution in [0, 0.1) is 11.5 Å². The van der Waals surface area contributed by atoms with Gasteiger partial charge in [-0.2, -0.15) is 0 Å². The van der Waals surface area contributed by atoms with Crippen molar-refractivity contribution < 1.29 is 0 Å². The maximum absolute atomic E-state index is 5.85. The van der Waals surface area contributed by atoms with E-state index in [-0.39, 0.29) is 0 Å². The van der Waals surface area contributed by atoms with Crippen LogP contribution in [0.5, 0.6) is 0 Å². The van der Waals surface area contributed by atoms with Crippen LogP contribution in [0.15, 0.2) is 10.7 Å². The molecule has 0 saturated carbocycles. The number of nitrogens with zero attached hydrogens (tertiary/aromatic N) is 1. The highest BCUT2D eigenvalue weighted by atomic mass is 79.9. The van der Waals surface area contributed by atoms with E-state index in [1.807, 2.05) is 0 Å². The molecule has 1 heterocycles. The summed E-state index contributed by atoms with van der Waals surface area (Å²) in [5.74, 6) is 3.07. The minimum Gasteiger partial charge on any atom is -0.395 e. The van der Waals surface area contributed by atoms with E-state index in [0.29, 0.717) is 15.4 Å². The lowest BCUT2D eigenvalue weighted by atomic mass is 10.2. The third-order valence-corrected chi connectivity index (χ3v) is 3.12. The lowest BCUT2D eigenvalue weighted by Crippen LogP contribution is -2.16. The molecule has 0 atom stereocenters. The second-order valence-corrected chi connectivity index (χ2v) is 10.1. The summed E-state index contributed by atoms with van der Waals surface area (Å²) < 4.78 is 0.654. The van der Waals surface area contributed by atoms with Crippen LogP contribution in [0.4, 0.5) is 5.69 Å². The molecule has 0 amide bonds. The predicted molar refractivity (Wildman–Crippen MR) is 71.6 cm³/mol. The molecule has 5 heteroatoms. The zero-order valence-electron chi connectivity index (χ0n) is 8.86. The third kappa shape index (κ3) is 3.86. The van der Waals surface area contributed by atoms with Gasteiger partial charge in [-0.3, -0.25) is 0 Å². The Morgan fingerprint density at radius 3 is 2.60 bits per heavy atom. The van der Waals surface area contributed by atoms with E-state index in [1.165, 1.54) is 0 Å². The molecular weight excluding hydrogens is 292 g/mol. The summed E-state index contributed by atoms with van der Waals surface area (Å²) in [6.45, 7) is 6.52. The van der Waals surface area contributed by atoms with E-state index in [2.05, 4.69) is 52.0 Å². The van der Waals surface area contributed by atoms with Gasteiger partial charge in [-0.05, 0) is 22.0 Å². The van der Waals surface area contributed by atoms with Crippen LogP contribution < -0.4 is 5.73 Å². The molecule has 0 aliphatic carbocycles. The number of hydrogen-bond acceptors (Lipinski definition) is 2. The van der Waals surface area contributed by atoms with Crippen LogP contribution in [0.2, 0.25) is 24.8 Å². The van der Waals surface area contributed by atoms with Crippen LogP contribution in [0.1, 0.15) is 5.56 Å². The topological polar surface area (TPSA) is 38.9 Å². The standard InChI is InChI=1S/C10H12BrClN2Si/c1-15(2,3)5-4-7-6-8(11)14-10(12)9(7)13/h6H,13H2,1-3H3. The fourth-order valence-corrected chi connectivity index (χ4v) is 2.06. The van der Waals surface area contributed by atoms with E-state index < -0.39 is 8.07 Å². The summed E-state index contributed by atoms with van der Waals surface area (Å²) in [6.07, 6.45) is 0. The second kappa shape index (κ2) is 4.56. The molecule has 15 heavy (non-hydrogen) atoms. The molecule has 0 aromatic carbocycles. The molecule has 0 bridgehead atoms. The Morgan fingerprint density at radius 2 is 2.07 bits per heavy atom. The van der Waals surface area contributed by atoms with Gasteiger partial charge in [0.25, 0.3) is 0 Å². The number of nitrogens with two attached hydrogens (primary N) is 1. The third-order valence-electron chi connectivity index (χ3n) is 1.55. The summed E-state index contributed by atoms with van der Waals surface area (Å²) in [6, 6.07) is 1.79. The average molecular weight is 304 g/mol. The number of pyridine rings is 1. The zero-order chi connectivity index (χ0) is 11.6. The molecule has 80 valence electrons. The second-order valence-electron chi connectivity index (χ2n) is 4.20. The molecule has 1 aromatic rings. The first-order valence-electron chi connectivity index (χ1n) is 4.44. The molecule has 0 fully saturated rings. The largest absolute Gasteiger partial charge is 0.395 e. The zero-order valence-corrected chi connectivity index (χ0v) is 12.2. The van der Waals surface area contributed by atoms with E-state index in [9.17, 15) is 0 Å². The number of aromatic nitrogens is 1. The van der Waals surface area contributed by atoms with Crippen LogP contribution >= 0.6 is 27.5 Å². The van der Waals surface area contributed by atoms with Gasteiger partial charge >= 0.3 is 0 Å². The van der Waals surface area contributed by atoms with Crippen molar-refractivity contribution in [1.82, 2.24) is 4.98 Å². The fraction of sp³-hybridized carbons (Fsp3) is 0.300. The molecule has 0 spiro atoms. The van der Waals surface area contributed by atoms with Gasteiger partial charge in [0.15, 0.2) is 5.15 Å². The van der Waals surface area contributed by atoms with Crippen LogP contribution in [0.3, 0.4) is 0 Å². The monoisotopic (exact) mass is 302 g/mol. The summed E-state index contributed by atoms with van der Waals surface area (Å²) in [5.41, 5.74) is 10.2. The number of halogens is 2. The quantitative estimate of drug-likeness (QED) is 0.454. The Labute approximate surface area is 104 Å². The maximum atomic E-state index is 5.85. The summed E-state index contributed by atoms with van der Waals surface area (Å²) in [4.78, 5) is 3.98. The predicted octanol–water partition coefficient (Wildman–Crippen LogP) is 3.31. The number of hydrogen-bond donors (Lipinski definition) is 1. The highest BCUT2D eigenvalue weighted by molar-refractivity contribution is 9.10.